The lowest BCUT2D eigenvalue weighted by molar-refractivity contribution is 0.0155. The summed E-state index contributed by atoms with van der Waals surface area (Å²) in [6.07, 6.45) is 1.48. The molecule has 3 N–H and O–H groups in total. The molecule has 2 aliphatic heterocycles. The zero-order valence-electron chi connectivity index (χ0n) is 20.0. The summed E-state index contributed by atoms with van der Waals surface area (Å²) < 4.78 is 12.8. The highest BCUT2D eigenvalue weighted by Crippen LogP contribution is 2.33. The van der Waals surface area contributed by atoms with E-state index in [2.05, 4.69) is 4.90 Å². The first-order chi connectivity index (χ1) is 15.5. The molecule has 3 heterocycles. The second-order valence-corrected chi connectivity index (χ2v) is 10.1. The normalized spacial score (nSPS) is 18.1. The van der Waals surface area contributed by atoms with E-state index in [-0.39, 0.29) is 6.09 Å². The SMILES string of the molecule is COc1cc(N2CCC(O)(Cc3cc4n(n3)CCN(C(=O)OC(C)(C)C)C4)CC2)ccc1N. The van der Waals surface area contributed by atoms with Crippen LogP contribution in [0.5, 0.6) is 5.75 Å². The first-order valence-electron chi connectivity index (χ1n) is 11.5. The van der Waals surface area contributed by atoms with Crippen molar-refractivity contribution in [3.63, 3.8) is 0 Å². The number of methoxy groups -OCH3 is 1. The number of ether oxygens (including phenoxy) is 2. The van der Waals surface area contributed by atoms with Gasteiger partial charge in [-0.15, -0.1) is 0 Å². The maximum atomic E-state index is 12.4. The Bertz CT molecular complexity index is 1000. The van der Waals surface area contributed by atoms with Gasteiger partial charge < -0.3 is 30.1 Å². The van der Waals surface area contributed by atoms with E-state index in [1.54, 1.807) is 12.0 Å². The number of hydrogen-bond donors (Lipinski definition) is 2. The number of piperidine rings is 1. The molecule has 0 radical (unpaired) electrons. The van der Waals surface area contributed by atoms with E-state index in [0.717, 1.165) is 30.2 Å². The lowest BCUT2D eigenvalue weighted by Gasteiger charge is -2.39. The second kappa shape index (κ2) is 8.78. The number of carbonyl (C=O) groups is 1. The number of amides is 1. The zero-order chi connectivity index (χ0) is 23.8. The minimum absolute atomic E-state index is 0.304. The molecule has 0 bridgehead atoms. The number of aliphatic hydroxyl groups is 1. The Kier molecular flexibility index (Phi) is 6.18. The number of fused-ring (bicyclic) bond motifs is 1. The van der Waals surface area contributed by atoms with E-state index in [1.165, 1.54) is 0 Å². The Morgan fingerprint density at radius 2 is 1.91 bits per heavy atom. The third kappa shape index (κ3) is 5.35. The predicted molar refractivity (Wildman–Crippen MR) is 126 cm³/mol. The lowest BCUT2D eigenvalue weighted by atomic mass is 9.86. The van der Waals surface area contributed by atoms with Crippen molar-refractivity contribution >= 4 is 17.5 Å². The molecule has 0 unspecified atom stereocenters. The van der Waals surface area contributed by atoms with Crippen LogP contribution in [0.25, 0.3) is 0 Å². The summed E-state index contributed by atoms with van der Waals surface area (Å²) in [7, 11) is 1.61. The third-order valence-corrected chi connectivity index (χ3v) is 6.29. The number of rotatable bonds is 4. The Morgan fingerprint density at radius 3 is 2.58 bits per heavy atom. The molecule has 0 saturated carbocycles. The van der Waals surface area contributed by atoms with Gasteiger partial charge in [-0.05, 0) is 51.8 Å². The monoisotopic (exact) mass is 457 g/mol. The van der Waals surface area contributed by atoms with Crippen molar-refractivity contribution in [3.05, 3.63) is 35.7 Å². The standard InChI is InChI=1S/C24H35N5O4/c1-23(2,3)33-22(30)28-11-12-29-19(16-28)13-17(26-29)15-24(31)7-9-27(10-8-24)18-5-6-20(25)21(14-18)32-4/h5-6,13-14,31H,7-12,15-16,25H2,1-4H3. The van der Waals surface area contributed by atoms with Crippen LogP contribution in [-0.4, -0.2) is 63.8 Å². The fraction of sp³-hybridized carbons (Fsp3) is 0.583. The Hall–Kier alpha value is -2.94. The first-order valence-corrected chi connectivity index (χ1v) is 11.5. The topological polar surface area (TPSA) is 106 Å². The number of nitrogens with two attached hydrogens (primary N) is 1. The number of nitrogen functional groups attached to an aromatic ring is 1. The fourth-order valence-electron chi connectivity index (χ4n) is 4.49. The molecular weight excluding hydrogens is 422 g/mol. The number of hydrogen-bond acceptors (Lipinski definition) is 7. The maximum Gasteiger partial charge on any atom is 0.410 e. The molecule has 0 spiro atoms. The Balaban J connectivity index is 1.36. The van der Waals surface area contributed by atoms with Crippen LogP contribution in [0, 0.1) is 0 Å². The van der Waals surface area contributed by atoms with Gasteiger partial charge in [0.15, 0.2) is 0 Å². The van der Waals surface area contributed by atoms with Gasteiger partial charge in [0.2, 0.25) is 0 Å². The highest BCUT2D eigenvalue weighted by atomic mass is 16.6. The van der Waals surface area contributed by atoms with Crippen molar-refractivity contribution in [1.82, 2.24) is 14.7 Å². The van der Waals surface area contributed by atoms with Gasteiger partial charge in [-0.25, -0.2) is 4.79 Å². The molecule has 33 heavy (non-hydrogen) atoms. The molecular formula is C24H35N5O4. The Labute approximate surface area is 195 Å². The number of carbonyl (C=O) groups excluding carboxylic acids is 1. The molecule has 2 aliphatic rings. The van der Waals surface area contributed by atoms with Crippen molar-refractivity contribution in [2.75, 3.05) is 37.4 Å². The van der Waals surface area contributed by atoms with Crippen molar-refractivity contribution in [3.8, 4) is 5.75 Å². The summed E-state index contributed by atoms with van der Waals surface area (Å²) in [4.78, 5) is 16.4. The molecule has 4 rings (SSSR count). The third-order valence-electron chi connectivity index (χ3n) is 6.29. The van der Waals surface area contributed by atoms with E-state index in [4.69, 9.17) is 20.3 Å². The van der Waals surface area contributed by atoms with Crippen LogP contribution in [-0.2, 0) is 24.2 Å². The average Bonchev–Trinajstić information content (AvgIpc) is 3.14. The van der Waals surface area contributed by atoms with Crippen molar-refractivity contribution in [1.29, 1.82) is 0 Å². The van der Waals surface area contributed by atoms with Crippen molar-refractivity contribution < 1.29 is 19.4 Å². The van der Waals surface area contributed by atoms with Gasteiger partial charge >= 0.3 is 6.09 Å². The smallest absolute Gasteiger partial charge is 0.410 e. The summed E-state index contributed by atoms with van der Waals surface area (Å²) in [5.41, 5.74) is 8.10. The maximum absolute atomic E-state index is 12.4. The van der Waals surface area contributed by atoms with E-state index in [1.807, 2.05) is 49.7 Å². The van der Waals surface area contributed by atoms with Gasteiger partial charge in [0.1, 0.15) is 11.4 Å². The average molecular weight is 458 g/mol. The van der Waals surface area contributed by atoms with Gasteiger partial charge in [0, 0.05) is 37.8 Å². The molecule has 0 aliphatic carbocycles. The van der Waals surface area contributed by atoms with Gasteiger partial charge in [-0.3, -0.25) is 4.68 Å². The van der Waals surface area contributed by atoms with Crippen LogP contribution in [0.3, 0.4) is 0 Å². The van der Waals surface area contributed by atoms with Crippen molar-refractivity contribution in [2.45, 2.75) is 64.3 Å². The second-order valence-electron chi connectivity index (χ2n) is 10.1. The summed E-state index contributed by atoms with van der Waals surface area (Å²) >= 11 is 0. The van der Waals surface area contributed by atoms with Crippen LogP contribution in [0.4, 0.5) is 16.2 Å². The number of benzene rings is 1. The van der Waals surface area contributed by atoms with Gasteiger partial charge in [0.25, 0.3) is 0 Å². The number of aromatic nitrogens is 2. The molecule has 1 amide bonds. The van der Waals surface area contributed by atoms with Crippen molar-refractivity contribution in [2.24, 2.45) is 0 Å². The lowest BCUT2D eigenvalue weighted by Crippen LogP contribution is -2.45. The molecule has 1 aromatic heterocycles. The summed E-state index contributed by atoms with van der Waals surface area (Å²) in [5.74, 6) is 0.664. The minimum Gasteiger partial charge on any atom is -0.495 e. The molecule has 9 nitrogen and oxygen atoms in total. The minimum atomic E-state index is -0.802. The molecule has 9 heteroatoms. The molecule has 2 aromatic rings. The van der Waals surface area contributed by atoms with E-state index in [9.17, 15) is 9.90 Å². The van der Waals surface area contributed by atoms with E-state index >= 15 is 0 Å². The number of anilines is 2. The van der Waals surface area contributed by atoms with Crippen LogP contribution >= 0.6 is 0 Å². The van der Waals surface area contributed by atoms with E-state index in [0.29, 0.717) is 50.3 Å². The van der Waals surface area contributed by atoms with Crippen LogP contribution < -0.4 is 15.4 Å². The highest BCUT2D eigenvalue weighted by molar-refractivity contribution is 5.68. The van der Waals surface area contributed by atoms with Crippen LogP contribution in [0.15, 0.2) is 24.3 Å². The molecule has 1 fully saturated rings. The zero-order valence-corrected chi connectivity index (χ0v) is 20.0. The van der Waals surface area contributed by atoms with Crippen LogP contribution in [0.2, 0.25) is 0 Å². The molecule has 180 valence electrons. The first kappa shape index (κ1) is 23.2. The fourth-order valence-corrected chi connectivity index (χ4v) is 4.49. The van der Waals surface area contributed by atoms with Gasteiger partial charge in [-0.2, -0.15) is 5.10 Å². The van der Waals surface area contributed by atoms with E-state index < -0.39 is 11.2 Å². The molecule has 1 aromatic carbocycles. The number of nitrogens with zero attached hydrogens (tertiary/aromatic N) is 4. The summed E-state index contributed by atoms with van der Waals surface area (Å²) in [6.45, 7) is 8.74. The molecule has 1 saturated heterocycles. The Morgan fingerprint density at radius 1 is 1.18 bits per heavy atom. The largest absolute Gasteiger partial charge is 0.495 e. The summed E-state index contributed by atoms with van der Waals surface area (Å²) in [5, 5.41) is 16.0. The van der Waals surface area contributed by atoms with Crippen LogP contribution in [0.1, 0.15) is 45.0 Å². The quantitative estimate of drug-likeness (QED) is 0.680. The van der Waals surface area contributed by atoms with Gasteiger partial charge in [-0.1, -0.05) is 0 Å². The molecule has 0 atom stereocenters. The highest BCUT2D eigenvalue weighted by Gasteiger charge is 2.34. The van der Waals surface area contributed by atoms with Gasteiger partial charge in [0.05, 0.1) is 42.9 Å². The predicted octanol–water partition coefficient (Wildman–Crippen LogP) is 2.80. The summed E-state index contributed by atoms with van der Waals surface area (Å²) in [6, 6.07) is 7.79.